The Labute approximate surface area is 153 Å². The van der Waals surface area contributed by atoms with E-state index in [1.54, 1.807) is 0 Å². The molecule has 2 N–H and O–H groups in total. The van der Waals surface area contributed by atoms with E-state index in [4.69, 9.17) is 4.99 Å². The summed E-state index contributed by atoms with van der Waals surface area (Å²) in [5, 5.41) is 6.88. The Morgan fingerprint density at radius 2 is 2.00 bits per heavy atom. The maximum Gasteiger partial charge on any atom is 0.191 e. The van der Waals surface area contributed by atoms with E-state index < -0.39 is 0 Å². The summed E-state index contributed by atoms with van der Waals surface area (Å²) in [6, 6.07) is 4.67. The first-order valence-electron chi connectivity index (χ1n) is 9.83. The largest absolute Gasteiger partial charge is 0.357 e. The highest BCUT2D eigenvalue weighted by Crippen LogP contribution is 2.18. The van der Waals surface area contributed by atoms with Crippen LogP contribution in [0.3, 0.4) is 0 Å². The molecule has 1 aliphatic rings. The van der Waals surface area contributed by atoms with Crippen molar-refractivity contribution in [3.63, 3.8) is 0 Å². The first-order valence-corrected chi connectivity index (χ1v) is 9.83. The second-order valence-electron chi connectivity index (χ2n) is 7.43. The predicted octanol–water partition coefficient (Wildman–Crippen LogP) is 3.56. The van der Waals surface area contributed by atoms with Gasteiger partial charge in [0.2, 0.25) is 0 Å². The van der Waals surface area contributed by atoms with Gasteiger partial charge in [-0.25, -0.2) is 9.98 Å². The van der Waals surface area contributed by atoms with Crippen LogP contribution in [0.25, 0.3) is 0 Å². The van der Waals surface area contributed by atoms with Crippen LogP contribution in [0.2, 0.25) is 0 Å². The molecule has 0 radical (unpaired) electrons. The van der Waals surface area contributed by atoms with Gasteiger partial charge in [-0.3, -0.25) is 0 Å². The zero-order valence-electron chi connectivity index (χ0n) is 16.4. The third-order valence-electron chi connectivity index (χ3n) is 4.56. The fourth-order valence-electron chi connectivity index (χ4n) is 3.06. The highest BCUT2D eigenvalue weighted by Gasteiger charge is 2.13. The van der Waals surface area contributed by atoms with Crippen molar-refractivity contribution in [3.8, 4) is 0 Å². The first-order chi connectivity index (χ1) is 12.1. The molecule has 5 heteroatoms. The molecule has 0 amide bonds. The van der Waals surface area contributed by atoms with E-state index >= 15 is 0 Å². The third kappa shape index (κ3) is 6.92. The number of aliphatic imine (C=N–C) groups is 1. The molecule has 1 fully saturated rings. The molecule has 2 heterocycles. The average Bonchev–Trinajstić information content (AvgIpc) is 3.13. The molecular formula is C20H35N5. The van der Waals surface area contributed by atoms with E-state index in [0.717, 1.165) is 43.8 Å². The Morgan fingerprint density at radius 1 is 1.24 bits per heavy atom. The molecule has 0 bridgehead atoms. The Bertz CT molecular complexity index is 535. The fourth-order valence-corrected chi connectivity index (χ4v) is 3.06. The van der Waals surface area contributed by atoms with Crippen LogP contribution in [0.4, 0.5) is 5.82 Å². The summed E-state index contributed by atoms with van der Waals surface area (Å²) in [6.07, 6.45) is 6.84. The Kier molecular flexibility index (Phi) is 8.02. The van der Waals surface area contributed by atoms with Crippen molar-refractivity contribution in [1.29, 1.82) is 0 Å². The molecule has 1 atom stereocenters. The molecule has 140 valence electrons. The summed E-state index contributed by atoms with van der Waals surface area (Å²) >= 11 is 0. The topological polar surface area (TPSA) is 52.6 Å². The molecule has 5 nitrogen and oxygen atoms in total. The van der Waals surface area contributed by atoms with Gasteiger partial charge >= 0.3 is 0 Å². The number of aromatic nitrogens is 1. The van der Waals surface area contributed by atoms with Crippen molar-refractivity contribution in [1.82, 2.24) is 15.6 Å². The summed E-state index contributed by atoms with van der Waals surface area (Å²) in [4.78, 5) is 11.7. The number of nitrogens with one attached hydrogen (secondary N) is 2. The number of hydrogen-bond donors (Lipinski definition) is 2. The fraction of sp³-hybridized carbons (Fsp3) is 0.700. The van der Waals surface area contributed by atoms with Crippen molar-refractivity contribution in [2.75, 3.05) is 24.5 Å². The van der Waals surface area contributed by atoms with Gasteiger partial charge in [-0.15, -0.1) is 0 Å². The molecular weight excluding hydrogens is 310 g/mol. The third-order valence-corrected chi connectivity index (χ3v) is 4.56. The standard InChI is InChI=1S/C20H35N5/c1-5-21-20(24-17(4)9-8-16(2)3)23-15-18-10-11-22-19(14-18)25-12-6-7-13-25/h10-11,14,16-17H,5-9,12-13,15H2,1-4H3,(H2,21,23,24). The second-order valence-corrected chi connectivity index (χ2v) is 7.43. The Morgan fingerprint density at radius 3 is 2.68 bits per heavy atom. The quantitative estimate of drug-likeness (QED) is 0.559. The molecule has 0 spiro atoms. The van der Waals surface area contributed by atoms with Crippen molar-refractivity contribution >= 4 is 11.8 Å². The smallest absolute Gasteiger partial charge is 0.191 e. The average molecular weight is 346 g/mol. The lowest BCUT2D eigenvalue weighted by Crippen LogP contribution is -2.42. The summed E-state index contributed by atoms with van der Waals surface area (Å²) in [7, 11) is 0. The number of nitrogens with zero attached hydrogens (tertiary/aromatic N) is 3. The van der Waals surface area contributed by atoms with Gasteiger partial charge in [0.25, 0.3) is 0 Å². The summed E-state index contributed by atoms with van der Waals surface area (Å²) in [6.45, 7) is 12.7. The van der Waals surface area contributed by atoms with Crippen molar-refractivity contribution < 1.29 is 0 Å². The maximum absolute atomic E-state index is 4.77. The van der Waals surface area contributed by atoms with E-state index in [-0.39, 0.29) is 0 Å². The van der Waals surface area contributed by atoms with Gasteiger partial charge in [-0.2, -0.15) is 0 Å². The van der Waals surface area contributed by atoms with Crippen LogP contribution in [0.1, 0.15) is 58.9 Å². The molecule has 1 aliphatic heterocycles. The van der Waals surface area contributed by atoms with Gasteiger partial charge < -0.3 is 15.5 Å². The first kappa shape index (κ1) is 19.5. The number of rotatable bonds is 8. The second kappa shape index (κ2) is 10.3. The SMILES string of the molecule is CCNC(=NCc1ccnc(N2CCCC2)c1)NC(C)CCC(C)C. The molecule has 1 aromatic rings. The van der Waals surface area contributed by atoms with Gasteiger partial charge in [-0.05, 0) is 63.1 Å². The lowest BCUT2D eigenvalue weighted by molar-refractivity contribution is 0.489. The number of hydrogen-bond acceptors (Lipinski definition) is 3. The monoisotopic (exact) mass is 345 g/mol. The minimum atomic E-state index is 0.429. The molecule has 1 saturated heterocycles. The molecule has 1 aromatic heterocycles. The Hall–Kier alpha value is -1.78. The van der Waals surface area contributed by atoms with Crippen molar-refractivity contribution in [3.05, 3.63) is 23.9 Å². The van der Waals surface area contributed by atoms with E-state index in [9.17, 15) is 0 Å². The molecule has 25 heavy (non-hydrogen) atoms. The van der Waals surface area contributed by atoms with E-state index in [1.807, 2.05) is 6.20 Å². The van der Waals surface area contributed by atoms with Gasteiger partial charge in [0.15, 0.2) is 5.96 Å². The van der Waals surface area contributed by atoms with E-state index in [2.05, 4.69) is 60.3 Å². The van der Waals surface area contributed by atoms with Crippen LogP contribution < -0.4 is 15.5 Å². The Balaban J connectivity index is 1.94. The zero-order valence-corrected chi connectivity index (χ0v) is 16.4. The normalized spacial score (nSPS) is 16.4. The van der Waals surface area contributed by atoms with Crippen LogP contribution in [-0.4, -0.2) is 36.6 Å². The molecule has 0 aromatic carbocycles. The van der Waals surface area contributed by atoms with Gasteiger partial charge in [-0.1, -0.05) is 13.8 Å². The van der Waals surface area contributed by atoms with Gasteiger partial charge in [0, 0.05) is 31.9 Å². The highest BCUT2D eigenvalue weighted by molar-refractivity contribution is 5.80. The van der Waals surface area contributed by atoms with Crippen LogP contribution in [0.15, 0.2) is 23.3 Å². The maximum atomic E-state index is 4.77. The highest BCUT2D eigenvalue weighted by atomic mass is 15.2. The number of pyridine rings is 1. The van der Waals surface area contributed by atoms with Crippen LogP contribution >= 0.6 is 0 Å². The summed E-state index contributed by atoms with van der Waals surface area (Å²) < 4.78 is 0. The molecule has 1 unspecified atom stereocenters. The lowest BCUT2D eigenvalue weighted by Gasteiger charge is -2.19. The number of anilines is 1. The summed E-state index contributed by atoms with van der Waals surface area (Å²) in [5.74, 6) is 2.73. The zero-order chi connectivity index (χ0) is 18.1. The van der Waals surface area contributed by atoms with Gasteiger partial charge in [0.1, 0.15) is 5.82 Å². The van der Waals surface area contributed by atoms with Crippen LogP contribution in [-0.2, 0) is 6.54 Å². The summed E-state index contributed by atoms with van der Waals surface area (Å²) in [5.41, 5.74) is 1.21. The minimum absolute atomic E-state index is 0.429. The van der Waals surface area contributed by atoms with Crippen LogP contribution in [0.5, 0.6) is 0 Å². The predicted molar refractivity (Wildman–Crippen MR) is 107 cm³/mol. The van der Waals surface area contributed by atoms with Crippen LogP contribution in [0, 0.1) is 5.92 Å². The minimum Gasteiger partial charge on any atom is -0.357 e. The lowest BCUT2D eigenvalue weighted by atomic mass is 10.0. The van der Waals surface area contributed by atoms with Crippen molar-refractivity contribution in [2.45, 2.75) is 66.0 Å². The van der Waals surface area contributed by atoms with E-state index in [1.165, 1.54) is 24.8 Å². The van der Waals surface area contributed by atoms with E-state index in [0.29, 0.717) is 12.6 Å². The van der Waals surface area contributed by atoms with Gasteiger partial charge in [0.05, 0.1) is 6.54 Å². The van der Waals surface area contributed by atoms with Crippen molar-refractivity contribution in [2.24, 2.45) is 10.9 Å². The molecule has 2 rings (SSSR count). The number of guanidine groups is 1. The molecule has 0 aliphatic carbocycles. The molecule has 0 saturated carbocycles.